The molecule has 3 amide bonds. The quantitative estimate of drug-likeness (QED) is 0.371. The van der Waals surface area contributed by atoms with Crippen molar-refractivity contribution >= 4 is 23.6 Å². The lowest BCUT2D eigenvalue weighted by molar-refractivity contribution is -0.139. The van der Waals surface area contributed by atoms with Crippen LogP contribution in [0, 0.1) is 0 Å². The number of piperidine rings is 1. The maximum Gasteiger partial charge on any atom is 0.417 e. The van der Waals surface area contributed by atoms with Gasteiger partial charge in [0.15, 0.2) is 0 Å². The largest absolute Gasteiger partial charge is 0.473 e. The smallest absolute Gasteiger partial charge is 0.417 e. The number of amides is 3. The molecule has 4 rings (SSSR count). The predicted molar refractivity (Wildman–Crippen MR) is 175 cm³/mol. The first-order valence-electron chi connectivity index (χ1n) is 16.2. The number of rotatable bonds is 9. The molecule has 1 fully saturated rings. The third-order valence-corrected chi connectivity index (χ3v) is 8.49. The minimum Gasteiger partial charge on any atom is -0.473 e. The number of ether oxygens (including phenoxy) is 2. The molecule has 0 aliphatic carbocycles. The van der Waals surface area contributed by atoms with Crippen molar-refractivity contribution in [3.05, 3.63) is 59.2 Å². The second kappa shape index (κ2) is 14.3. The number of halogens is 3. The van der Waals surface area contributed by atoms with Gasteiger partial charge >= 0.3 is 12.3 Å². The Morgan fingerprint density at radius 2 is 1.81 bits per heavy atom. The molecule has 0 spiro atoms. The van der Waals surface area contributed by atoms with Crippen molar-refractivity contribution in [3.8, 4) is 5.75 Å². The van der Waals surface area contributed by atoms with Gasteiger partial charge in [-0.25, -0.2) is 4.79 Å². The van der Waals surface area contributed by atoms with Crippen LogP contribution in [0.4, 0.5) is 23.7 Å². The van der Waals surface area contributed by atoms with Crippen molar-refractivity contribution < 1.29 is 42.1 Å². The average molecular weight is 677 g/mol. The monoisotopic (exact) mass is 676 g/mol. The van der Waals surface area contributed by atoms with Gasteiger partial charge in [-0.1, -0.05) is 30.3 Å². The SMILES string of the molecule is CC(C)N(C(=O)c1cc2c(cc1C(F)(F)F)OC(C)(CO)C(=O)N2CCN(C)Cc1ccccc1)[C@@H]1CCCN(C(=O)OC(C)(C)C)C1. The van der Waals surface area contributed by atoms with Crippen molar-refractivity contribution in [2.75, 3.05) is 44.7 Å². The Hall–Kier alpha value is -3.84. The summed E-state index contributed by atoms with van der Waals surface area (Å²) in [6.45, 7) is 10.7. The fraction of sp³-hybridized carbons (Fsp3) is 0.571. The summed E-state index contributed by atoms with van der Waals surface area (Å²) in [6.07, 6.45) is -4.49. The van der Waals surface area contributed by atoms with E-state index in [0.29, 0.717) is 32.5 Å². The van der Waals surface area contributed by atoms with E-state index >= 15 is 0 Å². The number of anilines is 1. The normalized spacial score (nSPS) is 20.1. The van der Waals surface area contributed by atoms with Crippen LogP contribution in [0.2, 0.25) is 0 Å². The summed E-state index contributed by atoms with van der Waals surface area (Å²) >= 11 is 0. The molecule has 2 aliphatic heterocycles. The highest BCUT2D eigenvalue weighted by atomic mass is 19.4. The zero-order chi connectivity index (χ0) is 35.6. The summed E-state index contributed by atoms with van der Waals surface area (Å²) in [6, 6.07) is 10.4. The number of fused-ring (bicyclic) bond motifs is 1. The third-order valence-electron chi connectivity index (χ3n) is 8.49. The lowest BCUT2D eigenvalue weighted by Crippen LogP contribution is -2.58. The summed E-state index contributed by atoms with van der Waals surface area (Å²) in [5, 5.41) is 10.1. The number of likely N-dealkylation sites (N-methyl/N-ethyl adjacent to an activating group) is 1. The predicted octanol–water partition coefficient (Wildman–Crippen LogP) is 5.56. The Morgan fingerprint density at radius 3 is 2.40 bits per heavy atom. The summed E-state index contributed by atoms with van der Waals surface area (Å²) in [7, 11) is 1.86. The Kier molecular flexibility index (Phi) is 11.0. The minimum atomic E-state index is -4.95. The lowest BCUT2D eigenvalue weighted by Gasteiger charge is -2.43. The summed E-state index contributed by atoms with van der Waals surface area (Å²) in [5.41, 5.74) is -3.35. The number of benzene rings is 2. The molecule has 2 heterocycles. The Balaban J connectivity index is 1.72. The van der Waals surface area contributed by atoms with E-state index in [-0.39, 0.29) is 24.5 Å². The fourth-order valence-electron chi connectivity index (χ4n) is 6.16. The molecule has 2 aromatic carbocycles. The molecule has 0 bridgehead atoms. The molecule has 0 radical (unpaired) electrons. The van der Waals surface area contributed by atoms with Crippen molar-refractivity contribution in [3.63, 3.8) is 0 Å². The van der Waals surface area contributed by atoms with Crippen molar-refractivity contribution in [1.82, 2.24) is 14.7 Å². The molecular weight excluding hydrogens is 629 g/mol. The molecule has 1 saturated heterocycles. The van der Waals surface area contributed by atoms with Gasteiger partial charge in [0.25, 0.3) is 11.8 Å². The Morgan fingerprint density at radius 1 is 1.15 bits per heavy atom. The van der Waals surface area contributed by atoms with Gasteiger partial charge in [-0.15, -0.1) is 0 Å². The minimum absolute atomic E-state index is 0.0121. The van der Waals surface area contributed by atoms with E-state index < -0.39 is 65.1 Å². The van der Waals surface area contributed by atoms with Gasteiger partial charge < -0.3 is 34.2 Å². The number of likely N-dealkylation sites (tertiary alicyclic amines) is 1. The second-order valence-corrected chi connectivity index (χ2v) is 14.1. The number of hydrogen-bond donors (Lipinski definition) is 1. The van der Waals surface area contributed by atoms with Crippen LogP contribution in [0.15, 0.2) is 42.5 Å². The zero-order valence-electron chi connectivity index (χ0n) is 28.8. The zero-order valence-corrected chi connectivity index (χ0v) is 28.8. The molecule has 0 saturated carbocycles. The van der Waals surface area contributed by atoms with Gasteiger partial charge in [-0.2, -0.15) is 13.2 Å². The summed E-state index contributed by atoms with van der Waals surface area (Å²) < 4.78 is 55.3. The van der Waals surface area contributed by atoms with Crippen LogP contribution in [0.1, 0.15) is 75.9 Å². The van der Waals surface area contributed by atoms with Gasteiger partial charge in [-0.05, 0) is 79.1 Å². The van der Waals surface area contributed by atoms with Crippen LogP contribution in [0.25, 0.3) is 0 Å². The van der Waals surface area contributed by atoms with Crippen molar-refractivity contribution in [2.24, 2.45) is 0 Å². The molecule has 2 atom stereocenters. The van der Waals surface area contributed by atoms with Gasteiger partial charge in [0, 0.05) is 38.8 Å². The fourth-order valence-corrected chi connectivity index (χ4v) is 6.16. The summed E-state index contributed by atoms with van der Waals surface area (Å²) in [5.74, 6) is -1.77. The third kappa shape index (κ3) is 8.41. The van der Waals surface area contributed by atoms with Crippen molar-refractivity contribution in [2.45, 2.75) is 90.4 Å². The molecular formula is C35H47F3N4O6. The van der Waals surface area contributed by atoms with Crippen LogP contribution in [-0.4, -0.2) is 101 Å². The van der Waals surface area contributed by atoms with E-state index in [2.05, 4.69) is 0 Å². The van der Waals surface area contributed by atoms with Gasteiger partial charge in [0.1, 0.15) is 11.4 Å². The molecule has 2 aliphatic rings. The number of hydrogen-bond acceptors (Lipinski definition) is 7. The number of aliphatic hydroxyl groups excluding tert-OH is 1. The van der Waals surface area contributed by atoms with E-state index in [1.54, 1.807) is 34.6 Å². The summed E-state index contributed by atoms with van der Waals surface area (Å²) in [4.78, 5) is 47.0. The average Bonchev–Trinajstić information content (AvgIpc) is 3.00. The number of aliphatic hydroxyl groups is 1. The van der Waals surface area contributed by atoms with E-state index in [9.17, 15) is 32.7 Å². The van der Waals surface area contributed by atoms with Gasteiger partial charge in [0.2, 0.25) is 5.60 Å². The lowest BCUT2D eigenvalue weighted by atomic mass is 9.96. The van der Waals surface area contributed by atoms with Crippen LogP contribution in [-0.2, 0) is 22.3 Å². The van der Waals surface area contributed by atoms with Crippen LogP contribution < -0.4 is 9.64 Å². The Labute approximate surface area is 280 Å². The molecule has 264 valence electrons. The number of alkyl halides is 3. The Bertz CT molecular complexity index is 1480. The molecule has 2 aromatic rings. The highest BCUT2D eigenvalue weighted by Gasteiger charge is 2.47. The topological polar surface area (TPSA) is 103 Å². The number of nitrogens with zero attached hydrogens (tertiary/aromatic N) is 4. The number of carbonyl (C=O) groups excluding carboxylic acids is 3. The van der Waals surface area contributed by atoms with Crippen LogP contribution in [0.5, 0.6) is 5.75 Å². The van der Waals surface area contributed by atoms with E-state index in [0.717, 1.165) is 17.7 Å². The van der Waals surface area contributed by atoms with E-state index in [1.165, 1.54) is 21.6 Å². The van der Waals surface area contributed by atoms with E-state index in [4.69, 9.17) is 9.47 Å². The number of carbonyl (C=O) groups is 3. The first-order chi connectivity index (χ1) is 22.3. The molecule has 48 heavy (non-hydrogen) atoms. The standard InChI is InChI=1S/C35H47F3N4O6/c1-23(2)42(25-14-11-15-40(21-25)32(46)48-33(3,4)5)30(44)26-18-28-29(19-27(26)35(36,37)38)47-34(6,22-43)31(45)41(28)17-16-39(7)20-24-12-9-8-10-13-24/h8-10,12-13,18-19,23,25,43H,11,14-17,20-22H2,1-7H3/t25-,34?/m1/s1. The molecule has 0 aromatic heterocycles. The van der Waals surface area contributed by atoms with Gasteiger partial charge in [0.05, 0.1) is 29.5 Å². The van der Waals surface area contributed by atoms with Crippen LogP contribution >= 0.6 is 0 Å². The first-order valence-corrected chi connectivity index (χ1v) is 16.2. The molecule has 13 heteroatoms. The maximum absolute atomic E-state index is 14.7. The van der Waals surface area contributed by atoms with Crippen LogP contribution in [0.3, 0.4) is 0 Å². The van der Waals surface area contributed by atoms with E-state index in [1.807, 2.05) is 42.3 Å². The van der Waals surface area contributed by atoms with Gasteiger partial charge in [-0.3, -0.25) is 9.59 Å². The highest BCUT2D eigenvalue weighted by Crippen LogP contribution is 2.44. The molecule has 1 unspecified atom stereocenters. The molecule has 1 N–H and O–H groups in total. The highest BCUT2D eigenvalue weighted by molar-refractivity contribution is 6.05. The first kappa shape index (κ1) is 37.0. The maximum atomic E-state index is 14.7. The van der Waals surface area contributed by atoms with Crippen molar-refractivity contribution in [1.29, 1.82) is 0 Å². The molecule has 10 nitrogen and oxygen atoms in total. The second-order valence-electron chi connectivity index (χ2n) is 14.1.